The number of aliphatic imine (C=N–C) groups is 1. The van der Waals surface area contributed by atoms with Crippen molar-refractivity contribution in [3.05, 3.63) is 76.8 Å². The van der Waals surface area contributed by atoms with Crippen molar-refractivity contribution in [2.24, 2.45) is 4.99 Å². The molecule has 0 unspecified atom stereocenters. The first kappa shape index (κ1) is 22.7. The molecule has 2 aliphatic rings. The largest absolute Gasteiger partial charge is 0.497 e. The van der Waals surface area contributed by atoms with E-state index in [0.717, 1.165) is 22.6 Å². The first-order valence-electron chi connectivity index (χ1n) is 10.9. The fourth-order valence-electron chi connectivity index (χ4n) is 4.12. The maximum atomic E-state index is 13.1. The van der Waals surface area contributed by atoms with Crippen molar-refractivity contribution in [3.63, 3.8) is 0 Å². The molecule has 0 spiro atoms. The Morgan fingerprint density at radius 2 is 1.68 bits per heavy atom. The molecule has 5 rings (SSSR count). The summed E-state index contributed by atoms with van der Waals surface area (Å²) < 4.78 is 39.4. The summed E-state index contributed by atoms with van der Waals surface area (Å²) in [4.78, 5) is 7.30. The maximum absolute atomic E-state index is 13.1. The van der Waals surface area contributed by atoms with Crippen LogP contribution < -0.4 is 9.47 Å². The third-order valence-electron chi connectivity index (χ3n) is 5.98. The molecule has 34 heavy (non-hydrogen) atoms. The Balaban J connectivity index is 1.45. The molecule has 3 aromatic rings. The van der Waals surface area contributed by atoms with Gasteiger partial charge >= 0.3 is 0 Å². The Morgan fingerprint density at radius 3 is 2.38 bits per heavy atom. The molecule has 0 atom stereocenters. The van der Waals surface area contributed by atoms with Gasteiger partial charge in [0.1, 0.15) is 23.0 Å². The smallest absolute Gasteiger partial charge is 0.243 e. The Bertz CT molecular complexity index is 1370. The summed E-state index contributed by atoms with van der Waals surface area (Å²) in [6.45, 7) is 3.69. The van der Waals surface area contributed by atoms with Crippen LogP contribution in [0.15, 0.2) is 70.6 Å². The number of ether oxygens (including phenoxy) is 2. The molecule has 176 valence electrons. The Morgan fingerprint density at radius 1 is 0.941 bits per heavy atom. The van der Waals surface area contributed by atoms with Crippen LogP contribution in [0.4, 0.5) is 5.69 Å². The Labute approximate surface area is 204 Å². The van der Waals surface area contributed by atoms with Crippen LogP contribution in [-0.2, 0) is 10.0 Å². The zero-order valence-corrected chi connectivity index (χ0v) is 20.4. The summed E-state index contributed by atoms with van der Waals surface area (Å²) >= 11 is 5.92. The van der Waals surface area contributed by atoms with Gasteiger partial charge in [0.25, 0.3) is 0 Å². The van der Waals surface area contributed by atoms with E-state index >= 15 is 0 Å². The van der Waals surface area contributed by atoms with E-state index in [1.807, 2.05) is 43.3 Å². The number of methoxy groups -OCH3 is 1. The minimum Gasteiger partial charge on any atom is -0.497 e. The van der Waals surface area contributed by atoms with E-state index in [1.165, 1.54) is 4.31 Å². The van der Waals surface area contributed by atoms with Gasteiger partial charge in [-0.1, -0.05) is 17.7 Å². The topological polar surface area (TPSA) is 71.4 Å². The molecule has 9 heteroatoms. The molecule has 2 heterocycles. The van der Waals surface area contributed by atoms with Gasteiger partial charge in [-0.15, -0.1) is 0 Å². The van der Waals surface area contributed by atoms with Gasteiger partial charge < -0.3 is 14.4 Å². The van der Waals surface area contributed by atoms with Crippen LogP contribution in [0.1, 0.15) is 11.1 Å². The molecule has 0 N–H and O–H groups in total. The van der Waals surface area contributed by atoms with E-state index in [9.17, 15) is 8.42 Å². The predicted octanol–water partition coefficient (Wildman–Crippen LogP) is 4.85. The predicted molar refractivity (Wildman–Crippen MR) is 132 cm³/mol. The quantitative estimate of drug-likeness (QED) is 0.517. The second-order valence-corrected chi connectivity index (χ2v) is 10.6. The Hall–Kier alpha value is -3.07. The second kappa shape index (κ2) is 8.94. The summed E-state index contributed by atoms with van der Waals surface area (Å²) in [6, 6.07) is 17.8. The summed E-state index contributed by atoms with van der Waals surface area (Å²) in [7, 11) is -1.98. The highest BCUT2D eigenvalue weighted by atomic mass is 35.5. The fourth-order valence-corrected chi connectivity index (χ4v) is 5.67. The van der Waals surface area contributed by atoms with Gasteiger partial charge in [-0.2, -0.15) is 4.31 Å². The highest BCUT2D eigenvalue weighted by Gasteiger charge is 2.31. The zero-order valence-electron chi connectivity index (χ0n) is 18.9. The van der Waals surface area contributed by atoms with Gasteiger partial charge in [0, 0.05) is 37.3 Å². The number of nitrogens with zero attached hydrogens (tertiary/aromatic N) is 3. The van der Waals surface area contributed by atoms with Crippen LogP contribution in [-0.4, -0.2) is 56.7 Å². The fraction of sp³-hybridized carbons (Fsp3) is 0.240. The first-order chi connectivity index (χ1) is 16.3. The number of hydrogen-bond acceptors (Lipinski definition) is 6. The van der Waals surface area contributed by atoms with E-state index < -0.39 is 10.0 Å². The number of benzene rings is 3. The number of fused-ring (bicyclic) bond motifs is 2. The van der Waals surface area contributed by atoms with Gasteiger partial charge in [-0.3, -0.25) is 0 Å². The highest BCUT2D eigenvalue weighted by molar-refractivity contribution is 7.89. The molecule has 0 radical (unpaired) electrons. The number of amidine groups is 1. The third kappa shape index (κ3) is 4.24. The van der Waals surface area contributed by atoms with Crippen molar-refractivity contribution >= 4 is 33.1 Å². The number of halogens is 1. The summed E-state index contributed by atoms with van der Waals surface area (Å²) in [5.41, 5.74) is 2.64. The van der Waals surface area contributed by atoms with Gasteiger partial charge in [0.2, 0.25) is 10.0 Å². The number of hydrogen-bond donors (Lipinski definition) is 0. The summed E-state index contributed by atoms with van der Waals surface area (Å²) in [5.74, 6) is 2.77. The standard InChI is InChI=1S/C25H24ClN3O4S/c1-17-3-10-22-24(15-17)33-23-16-19(32-2)6-9-21(23)25(27-22)28-11-13-29(14-12-28)34(30,31)20-7-4-18(26)5-8-20/h3-10,15-16H,11-14H2,1-2H3. The molecule has 0 aliphatic carbocycles. The van der Waals surface area contributed by atoms with E-state index in [-0.39, 0.29) is 4.90 Å². The second-order valence-electron chi connectivity index (χ2n) is 8.22. The van der Waals surface area contributed by atoms with Crippen LogP contribution in [0, 0.1) is 6.92 Å². The number of aryl methyl sites for hydroxylation is 1. The number of piperazine rings is 1. The lowest BCUT2D eigenvalue weighted by atomic mass is 10.1. The van der Waals surface area contributed by atoms with Crippen LogP contribution in [0.25, 0.3) is 0 Å². The lowest BCUT2D eigenvalue weighted by Crippen LogP contribution is -2.50. The molecular weight excluding hydrogens is 474 g/mol. The molecule has 1 saturated heterocycles. The van der Waals surface area contributed by atoms with Gasteiger partial charge in [-0.05, 0) is 61.0 Å². The van der Waals surface area contributed by atoms with Crippen molar-refractivity contribution in [3.8, 4) is 17.2 Å². The van der Waals surface area contributed by atoms with Crippen molar-refractivity contribution < 1.29 is 17.9 Å². The third-order valence-corrected chi connectivity index (χ3v) is 8.15. The van der Waals surface area contributed by atoms with Gasteiger partial charge in [-0.25, -0.2) is 13.4 Å². The zero-order chi connectivity index (χ0) is 23.9. The van der Waals surface area contributed by atoms with Crippen LogP contribution in [0.2, 0.25) is 5.02 Å². The molecule has 0 amide bonds. The average molecular weight is 498 g/mol. The average Bonchev–Trinajstić information content (AvgIpc) is 3.00. The molecule has 1 fully saturated rings. The normalized spacial score (nSPS) is 16.1. The molecule has 7 nitrogen and oxygen atoms in total. The van der Waals surface area contributed by atoms with E-state index in [0.29, 0.717) is 48.5 Å². The van der Waals surface area contributed by atoms with Crippen molar-refractivity contribution in [1.82, 2.24) is 9.21 Å². The SMILES string of the molecule is COc1ccc2c(c1)Oc1cc(C)ccc1N=C2N1CCN(S(=O)(=O)c2ccc(Cl)cc2)CC1. The van der Waals surface area contributed by atoms with Crippen LogP contribution in [0.5, 0.6) is 17.2 Å². The summed E-state index contributed by atoms with van der Waals surface area (Å²) in [5, 5.41) is 0.503. The monoisotopic (exact) mass is 497 g/mol. The molecule has 3 aromatic carbocycles. The minimum atomic E-state index is -3.60. The number of sulfonamides is 1. The van der Waals surface area contributed by atoms with E-state index in [4.69, 9.17) is 26.1 Å². The molecule has 0 bridgehead atoms. The van der Waals surface area contributed by atoms with Gasteiger partial charge in [0.05, 0.1) is 17.6 Å². The lowest BCUT2D eigenvalue weighted by molar-refractivity contribution is 0.266. The van der Waals surface area contributed by atoms with Crippen molar-refractivity contribution in [2.75, 3.05) is 33.3 Å². The van der Waals surface area contributed by atoms with E-state index in [2.05, 4.69) is 4.90 Å². The molecule has 0 saturated carbocycles. The molecule has 2 aliphatic heterocycles. The maximum Gasteiger partial charge on any atom is 0.243 e. The van der Waals surface area contributed by atoms with E-state index in [1.54, 1.807) is 31.4 Å². The van der Waals surface area contributed by atoms with Crippen molar-refractivity contribution in [2.45, 2.75) is 11.8 Å². The lowest BCUT2D eigenvalue weighted by Gasteiger charge is -2.36. The Kier molecular flexibility index (Phi) is 5.97. The molecular formula is C25H24ClN3O4S. The van der Waals surface area contributed by atoms with Gasteiger partial charge in [0.15, 0.2) is 5.75 Å². The summed E-state index contributed by atoms with van der Waals surface area (Å²) in [6.07, 6.45) is 0. The molecule has 0 aromatic heterocycles. The first-order valence-corrected chi connectivity index (χ1v) is 12.7. The highest BCUT2D eigenvalue weighted by Crippen LogP contribution is 2.40. The van der Waals surface area contributed by atoms with Crippen LogP contribution >= 0.6 is 11.6 Å². The minimum absolute atomic E-state index is 0.243. The van der Waals surface area contributed by atoms with Crippen molar-refractivity contribution in [1.29, 1.82) is 0 Å². The number of rotatable bonds is 3. The van der Waals surface area contributed by atoms with Crippen LogP contribution in [0.3, 0.4) is 0 Å².